The van der Waals surface area contributed by atoms with Crippen LogP contribution in [0.1, 0.15) is 6.42 Å². The number of halogens is 1. The maximum Gasteiger partial charge on any atom is 0.242 e. The van der Waals surface area contributed by atoms with Crippen LogP contribution in [-0.2, 0) is 10.0 Å². The Bertz CT molecular complexity index is 551. The Morgan fingerprint density at radius 2 is 2.18 bits per heavy atom. The van der Waals surface area contributed by atoms with Crippen molar-refractivity contribution in [1.82, 2.24) is 4.31 Å². The second-order valence-corrected chi connectivity index (χ2v) is 5.46. The van der Waals surface area contributed by atoms with Gasteiger partial charge in [0.25, 0.3) is 0 Å². The molecule has 0 bridgehead atoms. The van der Waals surface area contributed by atoms with E-state index in [0.29, 0.717) is 0 Å². The van der Waals surface area contributed by atoms with Crippen LogP contribution >= 0.6 is 0 Å². The predicted octanol–water partition coefficient (Wildman–Crippen LogP) is 0.942. The number of nitrogens with zero attached hydrogens (tertiary/aromatic N) is 2. The summed E-state index contributed by atoms with van der Waals surface area (Å²) in [5.41, 5.74) is 5.08. The smallest absolute Gasteiger partial charge is 0.242 e. The molecule has 1 rings (SSSR count). The highest BCUT2D eigenvalue weighted by atomic mass is 32.2. The van der Waals surface area contributed by atoms with Gasteiger partial charge < -0.3 is 5.73 Å². The summed E-state index contributed by atoms with van der Waals surface area (Å²) in [6, 6.07) is 5.06. The lowest BCUT2D eigenvalue weighted by atomic mass is 10.3. The van der Waals surface area contributed by atoms with Crippen LogP contribution in [0.5, 0.6) is 0 Å². The third-order valence-electron chi connectivity index (χ3n) is 2.21. The number of nitrogens with two attached hydrogens (primary N) is 1. The highest BCUT2D eigenvalue weighted by Gasteiger charge is 2.21. The summed E-state index contributed by atoms with van der Waals surface area (Å²) in [5.74, 6) is -0.663. The third-order valence-corrected chi connectivity index (χ3v) is 4.07. The van der Waals surface area contributed by atoms with Gasteiger partial charge in [-0.05, 0) is 18.2 Å². The summed E-state index contributed by atoms with van der Waals surface area (Å²) in [4.78, 5) is -0.0863. The number of hydrogen-bond donors (Lipinski definition) is 1. The van der Waals surface area contributed by atoms with E-state index in [1.54, 1.807) is 0 Å². The molecular weight excluding hydrogens is 245 g/mol. The van der Waals surface area contributed by atoms with E-state index in [0.717, 1.165) is 22.5 Å². The van der Waals surface area contributed by atoms with Crippen LogP contribution in [0.4, 0.5) is 10.1 Å². The molecule has 0 aliphatic carbocycles. The van der Waals surface area contributed by atoms with Gasteiger partial charge in [0.05, 0.1) is 16.7 Å². The first-order valence-corrected chi connectivity index (χ1v) is 6.22. The molecule has 0 heterocycles. The number of rotatable bonds is 4. The fraction of sp³-hybridized carbons (Fsp3) is 0.300. The molecular formula is C10H12FN3O2S. The van der Waals surface area contributed by atoms with Crippen molar-refractivity contribution in [3.05, 3.63) is 24.0 Å². The Hall–Kier alpha value is -1.65. The van der Waals surface area contributed by atoms with Crippen molar-refractivity contribution in [3.8, 4) is 6.07 Å². The normalized spacial score (nSPS) is 11.4. The van der Waals surface area contributed by atoms with Crippen LogP contribution < -0.4 is 5.73 Å². The molecule has 0 aliphatic heterocycles. The van der Waals surface area contributed by atoms with Gasteiger partial charge in [-0.15, -0.1) is 0 Å². The zero-order chi connectivity index (χ0) is 13.1. The topological polar surface area (TPSA) is 87.2 Å². The summed E-state index contributed by atoms with van der Waals surface area (Å²) < 4.78 is 37.8. The van der Waals surface area contributed by atoms with E-state index in [2.05, 4.69) is 0 Å². The average molecular weight is 257 g/mol. The van der Waals surface area contributed by atoms with Crippen molar-refractivity contribution in [2.45, 2.75) is 11.3 Å². The van der Waals surface area contributed by atoms with Crippen LogP contribution in [0.15, 0.2) is 23.1 Å². The van der Waals surface area contributed by atoms with Crippen molar-refractivity contribution in [2.24, 2.45) is 0 Å². The number of sulfonamides is 1. The van der Waals surface area contributed by atoms with Gasteiger partial charge in [-0.1, -0.05) is 0 Å². The first-order valence-electron chi connectivity index (χ1n) is 4.78. The Labute approximate surface area is 99.3 Å². The Kier molecular flexibility index (Phi) is 4.04. The maximum atomic E-state index is 12.9. The molecule has 1 aromatic carbocycles. The molecule has 0 fully saturated rings. The second kappa shape index (κ2) is 5.12. The molecule has 0 saturated carbocycles. The monoisotopic (exact) mass is 257 g/mol. The van der Waals surface area contributed by atoms with Gasteiger partial charge >= 0.3 is 0 Å². The molecule has 1 aromatic rings. The zero-order valence-electron chi connectivity index (χ0n) is 9.22. The standard InChI is InChI=1S/C10H12FN3O2S/c1-14(6-2-5-12)17(15,16)8-3-4-9(11)10(13)7-8/h3-4,7H,2,6,13H2,1H3. The van der Waals surface area contributed by atoms with Gasteiger partial charge in [-0.2, -0.15) is 9.57 Å². The summed E-state index contributed by atoms with van der Waals surface area (Å²) >= 11 is 0. The molecule has 7 heteroatoms. The van der Waals surface area contributed by atoms with E-state index >= 15 is 0 Å². The molecule has 0 unspecified atom stereocenters. The Balaban J connectivity index is 3.05. The summed E-state index contributed by atoms with van der Waals surface area (Å²) in [7, 11) is -2.36. The van der Waals surface area contributed by atoms with E-state index in [-0.39, 0.29) is 23.5 Å². The Morgan fingerprint density at radius 3 is 2.71 bits per heavy atom. The lowest BCUT2D eigenvalue weighted by molar-refractivity contribution is 0.476. The van der Waals surface area contributed by atoms with Crippen LogP contribution in [0, 0.1) is 17.1 Å². The van der Waals surface area contributed by atoms with E-state index in [1.165, 1.54) is 7.05 Å². The highest BCUT2D eigenvalue weighted by Crippen LogP contribution is 2.19. The maximum absolute atomic E-state index is 12.9. The van der Waals surface area contributed by atoms with Crippen molar-refractivity contribution in [3.63, 3.8) is 0 Å². The average Bonchev–Trinajstić information content (AvgIpc) is 2.29. The number of hydrogen-bond acceptors (Lipinski definition) is 4. The minimum absolute atomic E-state index is 0.0795. The van der Waals surface area contributed by atoms with E-state index in [1.807, 2.05) is 6.07 Å². The molecule has 5 nitrogen and oxygen atoms in total. The van der Waals surface area contributed by atoms with Gasteiger partial charge in [-0.25, -0.2) is 12.8 Å². The number of anilines is 1. The summed E-state index contributed by atoms with van der Waals surface area (Å²) in [6.45, 7) is 0.0795. The van der Waals surface area contributed by atoms with Crippen LogP contribution in [0.25, 0.3) is 0 Å². The van der Waals surface area contributed by atoms with Crippen molar-refractivity contribution in [2.75, 3.05) is 19.3 Å². The lowest BCUT2D eigenvalue weighted by Gasteiger charge is -2.15. The highest BCUT2D eigenvalue weighted by molar-refractivity contribution is 7.89. The van der Waals surface area contributed by atoms with Crippen LogP contribution in [0.3, 0.4) is 0 Å². The quantitative estimate of drug-likeness (QED) is 0.813. The van der Waals surface area contributed by atoms with E-state index < -0.39 is 15.8 Å². The van der Waals surface area contributed by atoms with Crippen LogP contribution in [-0.4, -0.2) is 26.3 Å². The number of benzene rings is 1. The second-order valence-electron chi connectivity index (χ2n) is 3.42. The van der Waals surface area contributed by atoms with E-state index in [9.17, 15) is 12.8 Å². The first-order chi connectivity index (χ1) is 7.89. The first kappa shape index (κ1) is 13.4. The third kappa shape index (κ3) is 2.93. The van der Waals surface area contributed by atoms with Gasteiger partial charge in [0.15, 0.2) is 0 Å². The van der Waals surface area contributed by atoms with Crippen molar-refractivity contribution < 1.29 is 12.8 Å². The number of nitriles is 1. The molecule has 2 N–H and O–H groups in total. The fourth-order valence-electron chi connectivity index (χ4n) is 1.19. The zero-order valence-corrected chi connectivity index (χ0v) is 10.0. The molecule has 0 radical (unpaired) electrons. The minimum Gasteiger partial charge on any atom is -0.396 e. The molecule has 92 valence electrons. The molecule has 0 saturated heterocycles. The molecule has 0 amide bonds. The summed E-state index contributed by atoms with van der Waals surface area (Å²) in [5, 5.41) is 8.39. The summed E-state index contributed by atoms with van der Waals surface area (Å²) in [6.07, 6.45) is 0.0897. The van der Waals surface area contributed by atoms with Crippen LogP contribution in [0.2, 0.25) is 0 Å². The fourth-order valence-corrected chi connectivity index (χ4v) is 2.40. The lowest BCUT2D eigenvalue weighted by Crippen LogP contribution is -2.27. The van der Waals surface area contributed by atoms with E-state index in [4.69, 9.17) is 11.0 Å². The number of nitrogen functional groups attached to an aromatic ring is 1. The molecule has 0 atom stereocenters. The van der Waals surface area contributed by atoms with Gasteiger partial charge in [0.1, 0.15) is 5.82 Å². The van der Waals surface area contributed by atoms with Crippen molar-refractivity contribution in [1.29, 1.82) is 5.26 Å². The SMILES string of the molecule is CN(CCC#N)S(=O)(=O)c1ccc(F)c(N)c1. The van der Waals surface area contributed by atoms with Gasteiger partial charge in [-0.3, -0.25) is 0 Å². The Morgan fingerprint density at radius 1 is 1.53 bits per heavy atom. The largest absolute Gasteiger partial charge is 0.396 e. The van der Waals surface area contributed by atoms with Crippen molar-refractivity contribution >= 4 is 15.7 Å². The minimum atomic E-state index is -3.71. The molecule has 0 aromatic heterocycles. The predicted molar refractivity (Wildman–Crippen MR) is 60.9 cm³/mol. The van der Waals surface area contributed by atoms with Gasteiger partial charge in [0.2, 0.25) is 10.0 Å². The van der Waals surface area contributed by atoms with Gasteiger partial charge in [0, 0.05) is 20.0 Å². The molecule has 0 aliphatic rings. The molecule has 17 heavy (non-hydrogen) atoms. The molecule has 0 spiro atoms.